The highest BCUT2D eigenvalue weighted by molar-refractivity contribution is 5.39. The Morgan fingerprint density at radius 2 is 2.00 bits per heavy atom. The van der Waals surface area contributed by atoms with Crippen molar-refractivity contribution in [1.82, 2.24) is 10.2 Å². The van der Waals surface area contributed by atoms with Crippen LogP contribution in [-0.2, 0) is 6.18 Å². The molecule has 1 fully saturated rings. The van der Waals surface area contributed by atoms with Gasteiger partial charge in [0.25, 0.3) is 0 Å². The van der Waals surface area contributed by atoms with Crippen LogP contribution in [0.2, 0.25) is 0 Å². The lowest BCUT2D eigenvalue weighted by molar-refractivity contribution is -0.141. The first-order chi connectivity index (χ1) is 9.38. The van der Waals surface area contributed by atoms with Crippen molar-refractivity contribution in [2.24, 2.45) is 5.92 Å². The molecule has 1 unspecified atom stereocenters. The van der Waals surface area contributed by atoms with Crippen LogP contribution in [0.5, 0.6) is 0 Å². The van der Waals surface area contributed by atoms with E-state index in [-0.39, 0.29) is 0 Å². The van der Waals surface area contributed by atoms with Gasteiger partial charge in [-0.05, 0) is 43.7 Å². The molecular formula is C14H20F3N3. The lowest BCUT2D eigenvalue weighted by Gasteiger charge is -2.37. The lowest BCUT2D eigenvalue weighted by atomic mass is 9.94. The maximum atomic E-state index is 12.5. The molecule has 1 saturated heterocycles. The second-order valence-corrected chi connectivity index (χ2v) is 5.75. The summed E-state index contributed by atoms with van der Waals surface area (Å²) in [6.45, 7) is 5.16. The topological polar surface area (TPSA) is 29.0 Å². The molecule has 0 bridgehead atoms. The van der Waals surface area contributed by atoms with Gasteiger partial charge in [-0.15, -0.1) is 10.2 Å². The molecule has 3 nitrogen and oxygen atoms in total. The normalized spacial score (nSPS) is 20.5. The van der Waals surface area contributed by atoms with E-state index in [1.54, 1.807) is 0 Å². The van der Waals surface area contributed by atoms with Crippen LogP contribution in [0.1, 0.15) is 45.2 Å². The fourth-order valence-electron chi connectivity index (χ4n) is 2.72. The molecule has 0 aliphatic carbocycles. The number of anilines is 1. The van der Waals surface area contributed by atoms with Gasteiger partial charge in [-0.3, -0.25) is 0 Å². The maximum absolute atomic E-state index is 12.5. The molecule has 2 heterocycles. The summed E-state index contributed by atoms with van der Waals surface area (Å²) in [5, 5.41) is 7.10. The van der Waals surface area contributed by atoms with Crippen molar-refractivity contribution in [1.29, 1.82) is 0 Å². The third-order valence-electron chi connectivity index (χ3n) is 3.61. The minimum atomic E-state index is -4.43. The van der Waals surface area contributed by atoms with Crippen LogP contribution in [-0.4, -0.2) is 22.8 Å². The van der Waals surface area contributed by atoms with Crippen molar-refractivity contribution < 1.29 is 13.2 Å². The Balaban J connectivity index is 2.15. The first-order valence-electron chi connectivity index (χ1n) is 7.05. The van der Waals surface area contributed by atoms with E-state index in [0.29, 0.717) is 17.8 Å². The predicted octanol–water partition coefficient (Wildman–Crippen LogP) is 3.90. The van der Waals surface area contributed by atoms with Crippen LogP contribution in [0, 0.1) is 5.92 Å². The van der Waals surface area contributed by atoms with E-state index >= 15 is 0 Å². The molecule has 1 aromatic heterocycles. The lowest BCUT2D eigenvalue weighted by Crippen LogP contribution is -2.41. The molecule has 20 heavy (non-hydrogen) atoms. The highest BCUT2D eigenvalue weighted by Crippen LogP contribution is 2.30. The highest BCUT2D eigenvalue weighted by atomic mass is 19.4. The largest absolute Gasteiger partial charge is 0.435 e. The molecule has 0 amide bonds. The van der Waals surface area contributed by atoms with Crippen molar-refractivity contribution in [3.63, 3.8) is 0 Å². The third-order valence-corrected chi connectivity index (χ3v) is 3.61. The third kappa shape index (κ3) is 3.61. The summed E-state index contributed by atoms with van der Waals surface area (Å²) < 4.78 is 37.5. The Morgan fingerprint density at radius 3 is 2.55 bits per heavy atom. The van der Waals surface area contributed by atoms with Crippen LogP contribution in [0.15, 0.2) is 12.1 Å². The Kier molecular flexibility index (Phi) is 4.50. The molecule has 0 aromatic carbocycles. The number of piperidine rings is 1. The number of halogens is 3. The maximum Gasteiger partial charge on any atom is 0.435 e. The van der Waals surface area contributed by atoms with Crippen molar-refractivity contribution in [2.45, 2.75) is 51.7 Å². The molecular weight excluding hydrogens is 267 g/mol. The van der Waals surface area contributed by atoms with E-state index in [4.69, 9.17) is 0 Å². The monoisotopic (exact) mass is 287 g/mol. The van der Waals surface area contributed by atoms with Gasteiger partial charge in [0.15, 0.2) is 11.5 Å². The Bertz CT molecular complexity index is 428. The van der Waals surface area contributed by atoms with Crippen LogP contribution < -0.4 is 4.90 Å². The van der Waals surface area contributed by atoms with Crippen molar-refractivity contribution in [3.05, 3.63) is 17.8 Å². The first-order valence-corrected chi connectivity index (χ1v) is 7.05. The Hall–Kier alpha value is -1.33. The molecule has 1 atom stereocenters. The SMILES string of the molecule is CC(C)CC1CCCCN1c1ccc(C(F)(F)F)nn1. The Morgan fingerprint density at radius 1 is 1.25 bits per heavy atom. The molecule has 1 aliphatic heterocycles. The van der Waals surface area contributed by atoms with Gasteiger partial charge in [-0.25, -0.2) is 0 Å². The zero-order valence-electron chi connectivity index (χ0n) is 11.8. The van der Waals surface area contributed by atoms with Gasteiger partial charge >= 0.3 is 6.18 Å². The van der Waals surface area contributed by atoms with Gasteiger partial charge in [0.2, 0.25) is 0 Å². The number of alkyl halides is 3. The van der Waals surface area contributed by atoms with Crippen LogP contribution in [0.4, 0.5) is 19.0 Å². The molecule has 112 valence electrons. The number of hydrogen-bond donors (Lipinski definition) is 0. The summed E-state index contributed by atoms with van der Waals surface area (Å²) >= 11 is 0. The van der Waals surface area contributed by atoms with E-state index in [2.05, 4.69) is 28.9 Å². The molecule has 1 aromatic rings. The second kappa shape index (κ2) is 5.97. The summed E-state index contributed by atoms with van der Waals surface area (Å²) in [7, 11) is 0. The predicted molar refractivity (Wildman–Crippen MR) is 71.5 cm³/mol. The van der Waals surface area contributed by atoms with Crippen molar-refractivity contribution >= 4 is 5.82 Å². The molecule has 2 rings (SSSR count). The summed E-state index contributed by atoms with van der Waals surface area (Å²) in [5.74, 6) is 1.12. The molecule has 0 N–H and O–H groups in total. The van der Waals surface area contributed by atoms with Crippen molar-refractivity contribution in [2.75, 3.05) is 11.4 Å². The quantitative estimate of drug-likeness (QED) is 0.844. The summed E-state index contributed by atoms with van der Waals surface area (Å²) in [5.41, 5.74) is -0.932. The molecule has 6 heteroatoms. The van der Waals surface area contributed by atoms with E-state index in [0.717, 1.165) is 31.9 Å². The minimum Gasteiger partial charge on any atom is -0.352 e. The zero-order chi connectivity index (χ0) is 14.8. The van der Waals surface area contributed by atoms with E-state index in [1.165, 1.54) is 12.5 Å². The highest BCUT2D eigenvalue weighted by Gasteiger charge is 2.33. The van der Waals surface area contributed by atoms with E-state index in [1.807, 2.05) is 0 Å². The first kappa shape index (κ1) is 15.1. The van der Waals surface area contributed by atoms with E-state index < -0.39 is 11.9 Å². The van der Waals surface area contributed by atoms with Crippen LogP contribution in [0.25, 0.3) is 0 Å². The minimum absolute atomic E-state index is 0.356. The fourth-order valence-corrected chi connectivity index (χ4v) is 2.72. The zero-order valence-corrected chi connectivity index (χ0v) is 11.8. The number of aromatic nitrogens is 2. The van der Waals surface area contributed by atoms with Crippen molar-refractivity contribution in [3.8, 4) is 0 Å². The van der Waals surface area contributed by atoms with Gasteiger partial charge in [0, 0.05) is 12.6 Å². The van der Waals surface area contributed by atoms with Gasteiger partial charge in [0.1, 0.15) is 0 Å². The summed E-state index contributed by atoms with van der Waals surface area (Å²) in [6, 6.07) is 2.81. The van der Waals surface area contributed by atoms with Gasteiger partial charge in [-0.1, -0.05) is 13.8 Å². The van der Waals surface area contributed by atoms with Crippen LogP contribution in [0.3, 0.4) is 0 Å². The molecule has 0 saturated carbocycles. The summed E-state index contributed by atoms with van der Waals surface area (Å²) in [4.78, 5) is 2.11. The summed E-state index contributed by atoms with van der Waals surface area (Å²) in [6.07, 6.45) is -0.104. The number of hydrogen-bond acceptors (Lipinski definition) is 3. The second-order valence-electron chi connectivity index (χ2n) is 5.75. The van der Waals surface area contributed by atoms with Crippen LogP contribution >= 0.6 is 0 Å². The van der Waals surface area contributed by atoms with Gasteiger partial charge < -0.3 is 4.90 Å². The number of nitrogens with zero attached hydrogens (tertiary/aromatic N) is 3. The van der Waals surface area contributed by atoms with Gasteiger partial charge in [0.05, 0.1) is 0 Å². The smallest absolute Gasteiger partial charge is 0.352 e. The molecule has 1 aliphatic rings. The van der Waals surface area contributed by atoms with Gasteiger partial charge in [-0.2, -0.15) is 13.2 Å². The average molecular weight is 287 g/mol. The standard InChI is InChI=1S/C14H20F3N3/c1-10(2)9-11-5-3-4-8-20(11)13-7-6-12(18-19-13)14(15,16)17/h6-7,10-11H,3-5,8-9H2,1-2H3. The average Bonchev–Trinajstić information content (AvgIpc) is 2.38. The van der Waals surface area contributed by atoms with E-state index in [9.17, 15) is 13.2 Å². The fraction of sp³-hybridized carbons (Fsp3) is 0.714. The molecule has 0 spiro atoms. The number of rotatable bonds is 3. The Labute approximate surface area is 117 Å². The molecule has 0 radical (unpaired) electrons.